The van der Waals surface area contributed by atoms with E-state index >= 15 is 0 Å². The minimum atomic E-state index is -0.822. The van der Waals surface area contributed by atoms with Crippen LogP contribution < -0.4 is 0 Å². The molecule has 3 nitrogen and oxygen atoms in total. The molecule has 0 fully saturated rings. The SMILES string of the molecule is O=C(O)Cc1csc2cc(-c3cccc(Cl)c3)cn12. The van der Waals surface area contributed by atoms with Crippen molar-refractivity contribution in [3.8, 4) is 11.1 Å². The zero-order valence-corrected chi connectivity index (χ0v) is 11.4. The number of carboxylic acid groups (broad SMARTS) is 1. The van der Waals surface area contributed by atoms with Crippen molar-refractivity contribution >= 4 is 33.7 Å². The molecule has 1 N–H and O–H groups in total. The number of fused-ring (bicyclic) bond motifs is 1. The van der Waals surface area contributed by atoms with E-state index in [4.69, 9.17) is 16.7 Å². The number of carboxylic acids is 1. The van der Waals surface area contributed by atoms with Crippen LogP contribution in [0.4, 0.5) is 0 Å². The molecule has 0 unspecified atom stereocenters. The van der Waals surface area contributed by atoms with Crippen molar-refractivity contribution in [2.45, 2.75) is 6.42 Å². The fourth-order valence-corrected chi connectivity index (χ4v) is 3.17. The molecule has 1 aromatic carbocycles. The number of carbonyl (C=O) groups is 1. The predicted octanol–water partition coefficient (Wildman–Crippen LogP) is 3.95. The summed E-state index contributed by atoms with van der Waals surface area (Å²) < 4.78 is 1.93. The molecule has 0 radical (unpaired) electrons. The first kappa shape index (κ1) is 12.3. The number of rotatable bonds is 3. The van der Waals surface area contributed by atoms with Gasteiger partial charge in [0, 0.05) is 27.9 Å². The molecular weight excluding hydrogens is 282 g/mol. The van der Waals surface area contributed by atoms with E-state index < -0.39 is 5.97 Å². The van der Waals surface area contributed by atoms with Crippen LogP contribution in [0, 0.1) is 0 Å². The highest BCUT2D eigenvalue weighted by Crippen LogP contribution is 2.28. The van der Waals surface area contributed by atoms with Gasteiger partial charge in [0.05, 0.1) is 11.3 Å². The van der Waals surface area contributed by atoms with E-state index in [1.807, 2.05) is 46.3 Å². The molecule has 0 bridgehead atoms. The van der Waals surface area contributed by atoms with Gasteiger partial charge in [0.1, 0.15) is 0 Å². The molecule has 2 aromatic heterocycles. The Morgan fingerprint density at radius 2 is 2.16 bits per heavy atom. The average molecular weight is 292 g/mol. The van der Waals surface area contributed by atoms with Gasteiger partial charge in [-0.05, 0) is 23.8 Å². The smallest absolute Gasteiger partial charge is 0.309 e. The summed E-state index contributed by atoms with van der Waals surface area (Å²) in [6.07, 6.45) is 1.99. The number of nitrogens with zero attached hydrogens (tertiary/aromatic N) is 1. The van der Waals surface area contributed by atoms with Gasteiger partial charge >= 0.3 is 5.97 Å². The van der Waals surface area contributed by atoms with Crippen LogP contribution in [0.2, 0.25) is 5.02 Å². The molecule has 3 aromatic rings. The molecule has 0 aliphatic heterocycles. The molecule has 0 aliphatic carbocycles. The fourth-order valence-electron chi connectivity index (χ4n) is 2.05. The highest BCUT2D eigenvalue weighted by Gasteiger charge is 2.10. The van der Waals surface area contributed by atoms with Crippen LogP contribution in [-0.2, 0) is 11.2 Å². The Hall–Kier alpha value is -1.78. The standard InChI is InChI=1S/C14H10ClNO2S/c15-11-3-1-2-9(4-11)10-5-13-16(7-10)12(8-19-13)6-14(17)18/h1-5,7-8H,6H2,(H,17,18). The minimum Gasteiger partial charge on any atom is -0.481 e. The monoisotopic (exact) mass is 291 g/mol. The highest BCUT2D eigenvalue weighted by atomic mass is 35.5. The van der Waals surface area contributed by atoms with E-state index in [9.17, 15) is 4.79 Å². The Balaban J connectivity index is 2.07. The second-order valence-electron chi connectivity index (χ2n) is 4.24. The van der Waals surface area contributed by atoms with E-state index in [0.717, 1.165) is 21.7 Å². The van der Waals surface area contributed by atoms with Gasteiger partial charge in [0.15, 0.2) is 0 Å². The molecule has 0 spiro atoms. The van der Waals surface area contributed by atoms with Gasteiger partial charge < -0.3 is 9.51 Å². The number of aliphatic carboxylic acids is 1. The third-order valence-corrected chi connectivity index (χ3v) is 4.08. The lowest BCUT2D eigenvalue weighted by molar-refractivity contribution is -0.136. The van der Waals surface area contributed by atoms with Crippen LogP contribution in [0.25, 0.3) is 16.0 Å². The Morgan fingerprint density at radius 1 is 1.32 bits per heavy atom. The highest BCUT2D eigenvalue weighted by molar-refractivity contribution is 7.15. The maximum absolute atomic E-state index is 10.8. The molecule has 0 saturated carbocycles. The van der Waals surface area contributed by atoms with Crippen molar-refractivity contribution in [1.29, 1.82) is 0 Å². The minimum absolute atomic E-state index is 0.0314. The second-order valence-corrected chi connectivity index (χ2v) is 5.57. The molecule has 0 atom stereocenters. The van der Waals surface area contributed by atoms with Crippen molar-refractivity contribution in [3.05, 3.63) is 52.6 Å². The van der Waals surface area contributed by atoms with E-state index in [-0.39, 0.29) is 6.42 Å². The second kappa shape index (κ2) is 4.72. The zero-order valence-electron chi connectivity index (χ0n) is 9.84. The molecule has 0 aliphatic rings. The largest absolute Gasteiger partial charge is 0.481 e. The number of aromatic nitrogens is 1. The first-order valence-corrected chi connectivity index (χ1v) is 6.95. The summed E-state index contributed by atoms with van der Waals surface area (Å²) in [5.74, 6) is -0.822. The summed E-state index contributed by atoms with van der Waals surface area (Å²) in [6, 6.07) is 9.67. The summed E-state index contributed by atoms with van der Waals surface area (Å²) in [6.45, 7) is 0. The summed E-state index contributed by atoms with van der Waals surface area (Å²) in [5, 5.41) is 11.5. The molecular formula is C14H10ClNO2S. The summed E-state index contributed by atoms with van der Waals surface area (Å²) in [5.41, 5.74) is 2.87. The van der Waals surface area contributed by atoms with Crippen molar-refractivity contribution < 1.29 is 9.90 Å². The average Bonchev–Trinajstić information content (AvgIpc) is 2.91. The van der Waals surface area contributed by atoms with Crippen LogP contribution >= 0.6 is 22.9 Å². The fraction of sp³-hybridized carbons (Fsp3) is 0.0714. The van der Waals surface area contributed by atoms with Crippen molar-refractivity contribution in [2.75, 3.05) is 0 Å². The maximum atomic E-state index is 10.8. The number of halogens is 1. The molecule has 5 heteroatoms. The lowest BCUT2D eigenvalue weighted by Gasteiger charge is -1.98. The number of thiazole rings is 1. The number of benzene rings is 1. The van der Waals surface area contributed by atoms with Crippen LogP contribution in [0.1, 0.15) is 5.69 Å². The van der Waals surface area contributed by atoms with E-state index in [1.54, 1.807) is 11.3 Å². The lowest BCUT2D eigenvalue weighted by Crippen LogP contribution is -2.01. The topological polar surface area (TPSA) is 41.7 Å². The molecule has 19 heavy (non-hydrogen) atoms. The Kier molecular flexibility index (Phi) is 3.05. The van der Waals surface area contributed by atoms with Crippen molar-refractivity contribution in [2.24, 2.45) is 0 Å². The van der Waals surface area contributed by atoms with Gasteiger partial charge in [-0.15, -0.1) is 11.3 Å². The number of hydrogen-bond acceptors (Lipinski definition) is 2. The summed E-state index contributed by atoms with van der Waals surface area (Å²) >= 11 is 7.53. The molecule has 0 amide bonds. The van der Waals surface area contributed by atoms with Gasteiger partial charge in [0.25, 0.3) is 0 Å². The molecule has 96 valence electrons. The van der Waals surface area contributed by atoms with Gasteiger partial charge in [0.2, 0.25) is 0 Å². The van der Waals surface area contributed by atoms with Crippen molar-refractivity contribution in [3.63, 3.8) is 0 Å². The predicted molar refractivity (Wildman–Crippen MR) is 77.1 cm³/mol. The Labute approximate surface area is 118 Å². The van der Waals surface area contributed by atoms with Crippen LogP contribution in [0.3, 0.4) is 0 Å². The van der Waals surface area contributed by atoms with Gasteiger partial charge in [-0.3, -0.25) is 4.79 Å². The van der Waals surface area contributed by atoms with Crippen LogP contribution in [-0.4, -0.2) is 15.5 Å². The zero-order chi connectivity index (χ0) is 13.4. The molecule has 3 rings (SSSR count). The number of hydrogen-bond donors (Lipinski definition) is 1. The quantitative estimate of drug-likeness (QED) is 0.794. The van der Waals surface area contributed by atoms with Gasteiger partial charge in [-0.2, -0.15) is 0 Å². The summed E-state index contributed by atoms with van der Waals surface area (Å²) in [7, 11) is 0. The molecule has 2 heterocycles. The summed E-state index contributed by atoms with van der Waals surface area (Å²) in [4.78, 5) is 11.8. The first-order chi connectivity index (χ1) is 9.13. The third-order valence-electron chi connectivity index (χ3n) is 2.90. The molecule has 0 saturated heterocycles. The Morgan fingerprint density at radius 3 is 2.89 bits per heavy atom. The van der Waals surface area contributed by atoms with Crippen molar-refractivity contribution in [1.82, 2.24) is 4.40 Å². The normalized spacial score (nSPS) is 11.0. The van der Waals surface area contributed by atoms with Crippen LogP contribution in [0.5, 0.6) is 0 Å². The van der Waals surface area contributed by atoms with Crippen LogP contribution in [0.15, 0.2) is 41.9 Å². The Bertz CT molecular complexity index is 760. The van der Waals surface area contributed by atoms with E-state index in [2.05, 4.69) is 0 Å². The maximum Gasteiger partial charge on any atom is 0.309 e. The third kappa shape index (κ3) is 2.37. The van der Waals surface area contributed by atoms with E-state index in [1.165, 1.54) is 0 Å². The lowest BCUT2D eigenvalue weighted by atomic mass is 10.1. The van der Waals surface area contributed by atoms with Gasteiger partial charge in [-0.1, -0.05) is 23.7 Å². The first-order valence-electron chi connectivity index (χ1n) is 5.70. The van der Waals surface area contributed by atoms with Gasteiger partial charge in [-0.25, -0.2) is 0 Å². The van der Waals surface area contributed by atoms with E-state index in [0.29, 0.717) is 5.02 Å².